The third-order valence-corrected chi connectivity index (χ3v) is 4.72. The molecule has 0 saturated carbocycles. The second-order valence-corrected chi connectivity index (χ2v) is 6.78. The third kappa shape index (κ3) is 5.05. The molecule has 1 aliphatic heterocycles. The molecule has 1 amide bonds. The summed E-state index contributed by atoms with van der Waals surface area (Å²) in [6.45, 7) is 1.39. The summed E-state index contributed by atoms with van der Waals surface area (Å²) in [5, 5.41) is 5.13. The van der Waals surface area contributed by atoms with E-state index in [1.54, 1.807) is 18.1 Å². The molecule has 1 aromatic rings. The molecule has 1 aliphatic rings. The van der Waals surface area contributed by atoms with E-state index < -0.39 is 10.2 Å². The molecule has 23 heavy (non-hydrogen) atoms. The second kappa shape index (κ2) is 7.58. The lowest BCUT2D eigenvalue weighted by molar-refractivity contribution is -0.125. The van der Waals surface area contributed by atoms with Crippen LogP contribution in [0.2, 0.25) is 0 Å². The number of nitrogens with zero attached hydrogens (tertiary/aromatic N) is 2. The van der Waals surface area contributed by atoms with Crippen LogP contribution in [0.1, 0.15) is 12.0 Å². The maximum absolute atomic E-state index is 12.2. The number of hydrogen-bond acceptors (Lipinski definition) is 4. The van der Waals surface area contributed by atoms with Crippen LogP contribution in [0.4, 0.5) is 0 Å². The van der Waals surface area contributed by atoms with Crippen LogP contribution in [-0.2, 0) is 15.0 Å². The SMILES string of the molecule is COc1cccc(/C=C/C(=O)N2CCCN(S(N)(=O)=O)CC2)c1. The van der Waals surface area contributed by atoms with Crippen LogP contribution in [0.15, 0.2) is 30.3 Å². The van der Waals surface area contributed by atoms with Crippen molar-refractivity contribution in [2.75, 3.05) is 33.3 Å². The van der Waals surface area contributed by atoms with Gasteiger partial charge in [-0.05, 0) is 30.2 Å². The highest BCUT2D eigenvalue weighted by molar-refractivity contribution is 7.86. The molecule has 0 aliphatic carbocycles. The second-order valence-electron chi connectivity index (χ2n) is 5.23. The van der Waals surface area contributed by atoms with Crippen molar-refractivity contribution in [1.82, 2.24) is 9.21 Å². The fourth-order valence-corrected chi connectivity index (χ4v) is 3.11. The van der Waals surface area contributed by atoms with Crippen LogP contribution in [0.25, 0.3) is 6.08 Å². The van der Waals surface area contributed by atoms with Gasteiger partial charge in [-0.1, -0.05) is 12.1 Å². The van der Waals surface area contributed by atoms with E-state index in [2.05, 4.69) is 0 Å². The predicted octanol–water partition coefficient (Wildman–Crippen LogP) is 0.446. The van der Waals surface area contributed by atoms with E-state index in [-0.39, 0.29) is 12.5 Å². The molecule has 1 heterocycles. The zero-order valence-corrected chi connectivity index (χ0v) is 13.8. The molecule has 0 radical (unpaired) electrons. The Morgan fingerprint density at radius 1 is 1.26 bits per heavy atom. The van der Waals surface area contributed by atoms with Gasteiger partial charge in [0.1, 0.15) is 5.75 Å². The number of carbonyl (C=O) groups excluding carboxylic acids is 1. The summed E-state index contributed by atoms with van der Waals surface area (Å²) in [6.07, 6.45) is 3.77. The Balaban J connectivity index is 1.99. The number of methoxy groups -OCH3 is 1. The Morgan fingerprint density at radius 2 is 2.04 bits per heavy atom. The summed E-state index contributed by atoms with van der Waals surface area (Å²) in [7, 11) is -2.11. The quantitative estimate of drug-likeness (QED) is 0.806. The molecule has 2 N–H and O–H groups in total. The first-order valence-electron chi connectivity index (χ1n) is 7.29. The maximum Gasteiger partial charge on any atom is 0.276 e. The van der Waals surface area contributed by atoms with E-state index in [0.717, 1.165) is 11.3 Å². The van der Waals surface area contributed by atoms with Crippen LogP contribution in [0, 0.1) is 0 Å². The number of ether oxygens (including phenoxy) is 1. The average molecular weight is 339 g/mol. The summed E-state index contributed by atoms with van der Waals surface area (Å²) < 4.78 is 29.1. The Bertz CT molecular complexity index is 688. The highest BCUT2D eigenvalue weighted by atomic mass is 32.2. The lowest BCUT2D eigenvalue weighted by Crippen LogP contribution is -2.40. The van der Waals surface area contributed by atoms with Gasteiger partial charge in [0.2, 0.25) is 5.91 Å². The minimum atomic E-state index is -3.70. The van der Waals surface area contributed by atoms with Crippen molar-refractivity contribution in [3.63, 3.8) is 0 Å². The number of carbonyl (C=O) groups is 1. The standard InChI is InChI=1S/C15H21N3O4S/c1-22-14-5-2-4-13(12-14)6-7-15(19)17-8-3-9-18(11-10-17)23(16,20)21/h2,4-7,12H,3,8-11H2,1H3,(H2,16,20,21)/b7-6+. The lowest BCUT2D eigenvalue weighted by atomic mass is 10.2. The van der Waals surface area contributed by atoms with Gasteiger partial charge in [0.05, 0.1) is 7.11 Å². The van der Waals surface area contributed by atoms with Crippen LogP contribution >= 0.6 is 0 Å². The van der Waals surface area contributed by atoms with Crippen molar-refractivity contribution >= 4 is 22.2 Å². The first kappa shape index (κ1) is 17.5. The molecule has 0 atom stereocenters. The minimum absolute atomic E-state index is 0.149. The van der Waals surface area contributed by atoms with Crippen molar-refractivity contribution in [2.45, 2.75) is 6.42 Å². The molecule has 0 aromatic heterocycles. The largest absolute Gasteiger partial charge is 0.497 e. The molecular weight excluding hydrogens is 318 g/mol. The van der Waals surface area contributed by atoms with Crippen molar-refractivity contribution in [3.05, 3.63) is 35.9 Å². The van der Waals surface area contributed by atoms with Gasteiger partial charge < -0.3 is 9.64 Å². The van der Waals surface area contributed by atoms with E-state index in [1.165, 1.54) is 10.4 Å². The average Bonchev–Trinajstić information content (AvgIpc) is 2.78. The molecule has 2 rings (SSSR count). The first-order valence-corrected chi connectivity index (χ1v) is 8.79. The zero-order chi connectivity index (χ0) is 16.9. The molecule has 1 aromatic carbocycles. The molecule has 0 spiro atoms. The summed E-state index contributed by atoms with van der Waals surface area (Å²) >= 11 is 0. The molecule has 0 unspecified atom stereocenters. The number of nitrogens with two attached hydrogens (primary N) is 1. The zero-order valence-electron chi connectivity index (χ0n) is 13.0. The van der Waals surface area contributed by atoms with Crippen LogP contribution < -0.4 is 9.88 Å². The van der Waals surface area contributed by atoms with E-state index >= 15 is 0 Å². The molecule has 8 heteroatoms. The summed E-state index contributed by atoms with van der Waals surface area (Å²) in [5.41, 5.74) is 0.860. The fraction of sp³-hybridized carbons (Fsp3) is 0.400. The van der Waals surface area contributed by atoms with Gasteiger partial charge in [-0.3, -0.25) is 4.79 Å². The number of benzene rings is 1. The predicted molar refractivity (Wildman–Crippen MR) is 87.9 cm³/mol. The van der Waals surface area contributed by atoms with Crippen LogP contribution in [0.5, 0.6) is 5.75 Å². The topological polar surface area (TPSA) is 92.9 Å². The van der Waals surface area contributed by atoms with Crippen molar-refractivity contribution in [1.29, 1.82) is 0 Å². The van der Waals surface area contributed by atoms with Crippen LogP contribution in [0.3, 0.4) is 0 Å². The molecule has 7 nitrogen and oxygen atoms in total. The third-order valence-electron chi connectivity index (χ3n) is 3.64. The fourth-order valence-electron chi connectivity index (χ4n) is 2.39. The van der Waals surface area contributed by atoms with Gasteiger partial charge in [0, 0.05) is 32.3 Å². The summed E-state index contributed by atoms with van der Waals surface area (Å²) in [4.78, 5) is 13.9. The molecule has 1 fully saturated rings. The van der Waals surface area contributed by atoms with E-state index in [0.29, 0.717) is 26.1 Å². The van der Waals surface area contributed by atoms with Crippen molar-refractivity contribution < 1.29 is 17.9 Å². The monoisotopic (exact) mass is 339 g/mol. The van der Waals surface area contributed by atoms with Crippen molar-refractivity contribution in [2.24, 2.45) is 5.14 Å². The number of rotatable bonds is 4. The maximum atomic E-state index is 12.2. The van der Waals surface area contributed by atoms with Gasteiger partial charge in [0.25, 0.3) is 10.2 Å². The van der Waals surface area contributed by atoms with Crippen LogP contribution in [-0.4, -0.2) is 56.8 Å². The van der Waals surface area contributed by atoms with Gasteiger partial charge >= 0.3 is 0 Å². The Labute approximate surface area is 136 Å². The van der Waals surface area contributed by atoms with Gasteiger partial charge in [-0.15, -0.1) is 0 Å². The normalized spacial score (nSPS) is 17.2. The van der Waals surface area contributed by atoms with E-state index in [4.69, 9.17) is 9.88 Å². The Hall–Kier alpha value is -1.90. The first-order chi connectivity index (χ1) is 10.9. The minimum Gasteiger partial charge on any atom is -0.497 e. The number of amides is 1. The van der Waals surface area contributed by atoms with Gasteiger partial charge in [-0.25, -0.2) is 5.14 Å². The van der Waals surface area contributed by atoms with Crippen molar-refractivity contribution in [3.8, 4) is 5.75 Å². The molecule has 0 bridgehead atoms. The molecule has 1 saturated heterocycles. The summed E-state index contributed by atoms with van der Waals surface area (Å²) in [5.74, 6) is 0.572. The number of hydrogen-bond donors (Lipinski definition) is 1. The van der Waals surface area contributed by atoms with Gasteiger partial charge in [-0.2, -0.15) is 12.7 Å². The van der Waals surface area contributed by atoms with E-state index in [9.17, 15) is 13.2 Å². The Kier molecular flexibility index (Phi) is 5.75. The highest BCUT2D eigenvalue weighted by Gasteiger charge is 2.23. The molecular formula is C15H21N3O4S. The van der Waals surface area contributed by atoms with E-state index in [1.807, 2.05) is 24.3 Å². The highest BCUT2D eigenvalue weighted by Crippen LogP contribution is 2.14. The lowest BCUT2D eigenvalue weighted by Gasteiger charge is -2.19. The smallest absolute Gasteiger partial charge is 0.276 e. The van der Waals surface area contributed by atoms with Gasteiger partial charge in [0.15, 0.2) is 0 Å². The Morgan fingerprint density at radius 3 is 2.74 bits per heavy atom. The summed E-state index contributed by atoms with van der Waals surface area (Å²) in [6, 6.07) is 7.38. The molecule has 126 valence electrons.